The Morgan fingerprint density at radius 1 is 1.33 bits per heavy atom. The zero-order chi connectivity index (χ0) is 15.6. The maximum atomic E-state index is 12.6. The van der Waals surface area contributed by atoms with E-state index in [0.29, 0.717) is 21.9 Å². The maximum absolute atomic E-state index is 12.6. The van der Waals surface area contributed by atoms with Crippen LogP contribution in [0.25, 0.3) is 0 Å². The Morgan fingerprint density at radius 3 is 2.67 bits per heavy atom. The van der Waals surface area contributed by atoms with Crippen LogP contribution in [0.15, 0.2) is 28.5 Å². The highest BCUT2D eigenvalue weighted by atomic mass is 32.2. The predicted octanol–water partition coefficient (Wildman–Crippen LogP) is 2.63. The first kappa shape index (κ1) is 15.8. The van der Waals surface area contributed by atoms with E-state index in [1.165, 1.54) is 18.4 Å². The minimum absolute atomic E-state index is 0.194. The number of benzene rings is 1. The van der Waals surface area contributed by atoms with E-state index in [1.54, 1.807) is 24.4 Å². The number of ether oxygens (including phenoxy) is 1. The summed E-state index contributed by atoms with van der Waals surface area (Å²) in [5.41, 5.74) is 7.68. The molecule has 0 aliphatic carbocycles. The monoisotopic (exact) mass is 326 g/mol. The van der Waals surface area contributed by atoms with Gasteiger partial charge >= 0.3 is 0 Å². The van der Waals surface area contributed by atoms with E-state index in [1.807, 2.05) is 13.0 Å². The summed E-state index contributed by atoms with van der Waals surface area (Å²) >= 11 is 1.35. The number of rotatable bonds is 5. The van der Waals surface area contributed by atoms with Crippen molar-refractivity contribution in [2.45, 2.75) is 25.3 Å². The van der Waals surface area contributed by atoms with Crippen LogP contribution >= 0.6 is 11.3 Å². The van der Waals surface area contributed by atoms with E-state index in [0.717, 1.165) is 5.56 Å². The minimum Gasteiger partial charge on any atom is -0.495 e. The number of nitrogens with two attached hydrogens (primary N) is 1. The lowest BCUT2D eigenvalue weighted by Crippen LogP contribution is -2.16. The normalized spacial score (nSPS) is 11.4. The van der Waals surface area contributed by atoms with Crippen LogP contribution in [-0.2, 0) is 16.6 Å². The molecule has 0 radical (unpaired) electrons. The zero-order valence-corrected chi connectivity index (χ0v) is 13.8. The van der Waals surface area contributed by atoms with Gasteiger partial charge in [-0.3, -0.25) is 4.72 Å². The summed E-state index contributed by atoms with van der Waals surface area (Å²) in [5, 5.41) is 1.80. The molecule has 2 rings (SSSR count). The minimum atomic E-state index is -3.69. The molecule has 0 aliphatic rings. The van der Waals surface area contributed by atoms with Crippen molar-refractivity contribution in [1.82, 2.24) is 0 Å². The van der Waals surface area contributed by atoms with Gasteiger partial charge in [-0.2, -0.15) is 0 Å². The first-order chi connectivity index (χ1) is 9.89. The third-order valence-electron chi connectivity index (χ3n) is 3.04. The van der Waals surface area contributed by atoms with Gasteiger partial charge in [-0.15, -0.1) is 11.3 Å². The van der Waals surface area contributed by atoms with E-state index in [9.17, 15) is 8.42 Å². The molecule has 1 aromatic carbocycles. The molecule has 0 aliphatic heterocycles. The van der Waals surface area contributed by atoms with E-state index < -0.39 is 10.0 Å². The highest BCUT2D eigenvalue weighted by molar-refractivity contribution is 7.93. The second-order valence-corrected chi connectivity index (χ2v) is 7.27. The van der Waals surface area contributed by atoms with E-state index in [-0.39, 0.29) is 11.4 Å². The molecule has 7 heteroatoms. The van der Waals surface area contributed by atoms with E-state index >= 15 is 0 Å². The van der Waals surface area contributed by atoms with Crippen molar-refractivity contribution in [3.63, 3.8) is 0 Å². The highest BCUT2D eigenvalue weighted by Crippen LogP contribution is 2.31. The van der Waals surface area contributed by atoms with Gasteiger partial charge in [0.15, 0.2) is 0 Å². The van der Waals surface area contributed by atoms with Crippen LogP contribution in [0, 0.1) is 13.8 Å². The molecule has 1 aromatic heterocycles. The molecular formula is C14H18N2O3S2. The van der Waals surface area contributed by atoms with Gasteiger partial charge < -0.3 is 10.5 Å². The molecule has 1 heterocycles. The molecule has 114 valence electrons. The van der Waals surface area contributed by atoms with Crippen molar-refractivity contribution < 1.29 is 13.2 Å². The zero-order valence-electron chi connectivity index (χ0n) is 12.1. The number of hydrogen-bond acceptors (Lipinski definition) is 5. The van der Waals surface area contributed by atoms with Crippen molar-refractivity contribution in [2.75, 3.05) is 11.8 Å². The SMILES string of the molecule is COc1ccc(C)cc1NS(=O)(=O)c1c(C)csc1CN. The summed E-state index contributed by atoms with van der Waals surface area (Å²) in [5.74, 6) is 0.478. The van der Waals surface area contributed by atoms with Crippen LogP contribution in [-0.4, -0.2) is 15.5 Å². The highest BCUT2D eigenvalue weighted by Gasteiger charge is 2.23. The topological polar surface area (TPSA) is 81.4 Å². The van der Waals surface area contributed by atoms with Crippen molar-refractivity contribution in [2.24, 2.45) is 5.73 Å². The number of thiophene rings is 1. The lowest BCUT2D eigenvalue weighted by atomic mass is 10.2. The number of hydrogen-bond donors (Lipinski definition) is 2. The molecule has 5 nitrogen and oxygen atoms in total. The molecule has 0 saturated heterocycles. The van der Waals surface area contributed by atoms with Crippen LogP contribution in [0.2, 0.25) is 0 Å². The van der Waals surface area contributed by atoms with Gasteiger partial charge in [0.25, 0.3) is 10.0 Å². The Kier molecular flexibility index (Phi) is 4.55. The van der Waals surface area contributed by atoms with Gasteiger partial charge in [0, 0.05) is 11.4 Å². The second-order valence-electron chi connectivity index (χ2n) is 4.68. The van der Waals surface area contributed by atoms with Crippen molar-refractivity contribution >= 4 is 27.0 Å². The first-order valence-electron chi connectivity index (χ1n) is 6.33. The molecule has 3 N–H and O–H groups in total. The number of methoxy groups -OCH3 is 1. The number of sulfonamides is 1. The Hall–Kier alpha value is -1.57. The van der Waals surface area contributed by atoms with Crippen molar-refractivity contribution in [1.29, 1.82) is 0 Å². The summed E-state index contributed by atoms with van der Waals surface area (Å²) < 4.78 is 33.1. The summed E-state index contributed by atoms with van der Waals surface area (Å²) in [6.45, 7) is 3.84. The fourth-order valence-corrected chi connectivity index (χ4v) is 4.85. The van der Waals surface area contributed by atoms with Gasteiger partial charge in [0.2, 0.25) is 0 Å². The van der Waals surface area contributed by atoms with Crippen LogP contribution in [0.5, 0.6) is 5.75 Å². The van der Waals surface area contributed by atoms with E-state index in [4.69, 9.17) is 10.5 Å². The molecule has 0 atom stereocenters. The Bertz CT molecular complexity index is 752. The average Bonchev–Trinajstić information content (AvgIpc) is 2.80. The number of anilines is 1. The molecule has 2 aromatic rings. The standard InChI is InChI=1S/C14H18N2O3S2/c1-9-4-5-12(19-3)11(6-9)16-21(17,18)14-10(2)8-20-13(14)7-15/h4-6,8,16H,7,15H2,1-3H3. The molecule has 0 unspecified atom stereocenters. The first-order valence-corrected chi connectivity index (χ1v) is 8.70. The molecule has 0 saturated carbocycles. The van der Waals surface area contributed by atoms with Gasteiger partial charge in [0.1, 0.15) is 10.6 Å². The summed E-state index contributed by atoms with van der Waals surface area (Å²) in [6, 6.07) is 5.33. The van der Waals surface area contributed by atoms with Crippen LogP contribution < -0.4 is 15.2 Å². The molecular weight excluding hydrogens is 308 g/mol. The fraction of sp³-hybridized carbons (Fsp3) is 0.286. The van der Waals surface area contributed by atoms with Gasteiger partial charge in [0.05, 0.1) is 12.8 Å². The fourth-order valence-electron chi connectivity index (χ4n) is 2.09. The largest absolute Gasteiger partial charge is 0.495 e. The quantitative estimate of drug-likeness (QED) is 0.885. The van der Waals surface area contributed by atoms with Crippen molar-refractivity contribution in [3.8, 4) is 5.75 Å². The predicted molar refractivity (Wildman–Crippen MR) is 85.5 cm³/mol. The van der Waals surface area contributed by atoms with E-state index in [2.05, 4.69) is 4.72 Å². The van der Waals surface area contributed by atoms with Crippen LogP contribution in [0.3, 0.4) is 0 Å². The number of aryl methyl sites for hydroxylation is 2. The lowest BCUT2D eigenvalue weighted by molar-refractivity contribution is 0.417. The Balaban J connectivity index is 2.47. The lowest BCUT2D eigenvalue weighted by Gasteiger charge is -2.13. The average molecular weight is 326 g/mol. The number of nitrogens with one attached hydrogen (secondary N) is 1. The molecule has 0 bridgehead atoms. The second kappa shape index (κ2) is 6.05. The molecule has 0 fully saturated rings. The van der Waals surface area contributed by atoms with Gasteiger partial charge in [-0.1, -0.05) is 6.07 Å². The summed E-state index contributed by atoms with van der Waals surface area (Å²) in [7, 11) is -2.19. The van der Waals surface area contributed by atoms with Gasteiger partial charge in [-0.05, 0) is 42.5 Å². The maximum Gasteiger partial charge on any atom is 0.263 e. The Labute approximate surface area is 128 Å². The van der Waals surface area contributed by atoms with Crippen LogP contribution in [0.1, 0.15) is 16.0 Å². The molecule has 21 heavy (non-hydrogen) atoms. The van der Waals surface area contributed by atoms with Gasteiger partial charge in [-0.25, -0.2) is 8.42 Å². The third kappa shape index (κ3) is 3.20. The van der Waals surface area contributed by atoms with Crippen LogP contribution in [0.4, 0.5) is 5.69 Å². The third-order valence-corrected chi connectivity index (χ3v) is 5.89. The molecule has 0 spiro atoms. The molecule has 0 amide bonds. The summed E-state index contributed by atoms with van der Waals surface area (Å²) in [4.78, 5) is 0.908. The summed E-state index contributed by atoms with van der Waals surface area (Å²) in [6.07, 6.45) is 0. The van der Waals surface area contributed by atoms with Crippen molar-refractivity contribution in [3.05, 3.63) is 39.6 Å². The Morgan fingerprint density at radius 2 is 2.05 bits per heavy atom. The smallest absolute Gasteiger partial charge is 0.263 e.